The molecule has 2 aromatic heterocycles. The molecule has 0 atom stereocenters. The SMILES string of the molecule is Cc1nn(Cc2noc(C3CC3)n2)c(C)c1CNC1CC1. The van der Waals surface area contributed by atoms with Crippen molar-refractivity contribution in [3.05, 3.63) is 28.7 Å². The third kappa shape index (κ3) is 2.72. The maximum absolute atomic E-state index is 5.31. The molecule has 0 saturated heterocycles. The molecule has 0 amide bonds. The van der Waals surface area contributed by atoms with Gasteiger partial charge in [-0.1, -0.05) is 5.16 Å². The zero-order valence-electron chi connectivity index (χ0n) is 12.6. The Labute approximate surface area is 123 Å². The minimum atomic E-state index is 0.505. The van der Waals surface area contributed by atoms with E-state index in [4.69, 9.17) is 4.52 Å². The Kier molecular flexibility index (Phi) is 3.06. The van der Waals surface area contributed by atoms with E-state index in [2.05, 4.69) is 34.4 Å². The van der Waals surface area contributed by atoms with Crippen molar-refractivity contribution in [1.29, 1.82) is 0 Å². The third-order valence-electron chi connectivity index (χ3n) is 4.38. The summed E-state index contributed by atoms with van der Waals surface area (Å²) in [5.41, 5.74) is 3.58. The highest BCUT2D eigenvalue weighted by Crippen LogP contribution is 2.38. The molecule has 0 spiro atoms. The lowest BCUT2D eigenvalue weighted by atomic mass is 10.2. The summed E-state index contributed by atoms with van der Waals surface area (Å²) in [4.78, 5) is 4.48. The van der Waals surface area contributed by atoms with Crippen LogP contribution < -0.4 is 5.32 Å². The second-order valence-electron chi connectivity index (χ2n) is 6.29. The number of aromatic nitrogens is 4. The van der Waals surface area contributed by atoms with Gasteiger partial charge in [-0.05, 0) is 39.5 Å². The highest BCUT2D eigenvalue weighted by molar-refractivity contribution is 5.25. The van der Waals surface area contributed by atoms with E-state index in [1.165, 1.54) is 36.9 Å². The average Bonchev–Trinajstić information content (AvgIpc) is 3.38. The van der Waals surface area contributed by atoms with Gasteiger partial charge in [0.1, 0.15) is 6.54 Å². The summed E-state index contributed by atoms with van der Waals surface area (Å²) in [6.45, 7) is 5.68. The van der Waals surface area contributed by atoms with Gasteiger partial charge in [0.25, 0.3) is 0 Å². The largest absolute Gasteiger partial charge is 0.339 e. The summed E-state index contributed by atoms with van der Waals surface area (Å²) in [5.74, 6) is 2.02. The third-order valence-corrected chi connectivity index (χ3v) is 4.38. The van der Waals surface area contributed by atoms with Gasteiger partial charge in [-0.25, -0.2) is 0 Å². The van der Waals surface area contributed by atoms with E-state index in [9.17, 15) is 0 Å². The van der Waals surface area contributed by atoms with Gasteiger partial charge in [0.05, 0.1) is 5.69 Å². The van der Waals surface area contributed by atoms with Crippen LogP contribution >= 0.6 is 0 Å². The Hall–Kier alpha value is -1.69. The molecule has 0 aromatic carbocycles. The highest BCUT2D eigenvalue weighted by Gasteiger charge is 2.29. The van der Waals surface area contributed by atoms with Gasteiger partial charge in [-0.3, -0.25) is 4.68 Å². The van der Waals surface area contributed by atoms with Crippen LogP contribution in [-0.4, -0.2) is 26.0 Å². The molecule has 2 aromatic rings. The van der Waals surface area contributed by atoms with Crippen molar-refractivity contribution in [2.75, 3.05) is 0 Å². The molecule has 2 heterocycles. The number of rotatable bonds is 6. The van der Waals surface area contributed by atoms with Crippen molar-refractivity contribution in [2.45, 2.75) is 64.6 Å². The number of aryl methyl sites for hydroxylation is 1. The maximum atomic E-state index is 5.31. The fourth-order valence-corrected chi connectivity index (χ4v) is 2.64. The van der Waals surface area contributed by atoms with Gasteiger partial charge in [0, 0.05) is 29.8 Å². The van der Waals surface area contributed by atoms with Crippen molar-refractivity contribution < 1.29 is 4.52 Å². The Balaban J connectivity index is 1.49. The van der Waals surface area contributed by atoms with Gasteiger partial charge in [-0.15, -0.1) is 0 Å². The summed E-state index contributed by atoms with van der Waals surface area (Å²) in [5, 5.41) is 12.3. The van der Waals surface area contributed by atoms with E-state index in [1.54, 1.807) is 0 Å². The molecule has 0 bridgehead atoms. The van der Waals surface area contributed by atoms with Crippen molar-refractivity contribution >= 4 is 0 Å². The Morgan fingerprint density at radius 1 is 1.24 bits per heavy atom. The zero-order valence-corrected chi connectivity index (χ0v) is 12.6. The standard InChI is InChI=1S/C15H21N5O/c1-9-13(7-16-12-5-6-12)10(2)20(18-9)8-14-17-15(21-19-14)11-3-4-11/h11-12,16H,3-8H2,1-2H3. The first-order valence-corrected chi connectivity index (χ1v) is 7.79. The molecule has 0 radical (unpaired) electrons. The predicted molar refractivity (Wildman–Crippen MR) is 76.9 cm³/mol. The van der Waals surface area contributed by atoms with Gasteiger partial charge < -0.3 is 9.84 Å². The lowest BCUT2D eigenvalue weighted by Gasteiger charge is -2.04. The van der Waals surface area contributed by atoms with Crippen molar-refractivity contribution in [1.82, 2.24) is 25.2 Å². The van der Waals surface area contributed by atoms with E-state index >= 15 is 0 Å². The summed E-state index contributed by atoms with van der Waals surface area (Å²) in [6.07, 6.45) is 4.97. The number of nitrogens with zero attached hydrogens (tertiary/aromatic N) is 4. The summed E-state index contributed by atoms with van der Waals surface area (Å²) < 4.78 is 7.30. The summed E-state index contributed by atoms with van der Waals surface area (Å²) in [7, 11) is 0. The van der Waals surface area contributed by atoms with Gasteiger partial charge in [0.2, 0.25) is 5.89 Å². The smallest absolute Gasteiger partial charge is 0.229 e. The first-order chi connectivity index (χ1) is 10.2. The molecule has 0 unspecified atom stereocenters. The quantitative estimate of drug-likeness (QED) is 0.880. The van der Waals surface area contributed by atoms with Crippen molar-refractivity contribution in [2.24, 2.45) is 0 Å². The van der Waals surface area contributed by atoms with Gasteiger partial charge in [-0.2, -0.15) is 10.1 Å². The molecule has 21 heavy (non-hydrogen) atoms. The molecular weight excluding hydrogens is 266 g/mol. The van der Waals surface area contributed by atoms with Crippen LogP contribution in [0.5, 0.6) is 0 Å². The first-order valence-electron chi connectivity index (χ1n) is 7.79. The first kappa shape index (κ1) is 13.0. The van der Waals surface area contributed by atoms with E-state index in [0.29, 0.717) is 18.5 Å². The molecule has 4 rings (SSSR count). The number of hydrogen-bond acceptors (Lipinski definition) is 5. The monoisotopic (exact) mass is 287 g/mol. The molecule has 6 heteroatoms. The number of nitrogens with one attached hydrogen (secondary N) is 1. The Morgan fingerprint density at radius 2 is 2.05 bits per heavy atom. The minimum absolute atomic E-state index is 0.505. The van der Waals surface area contributed by atoms with E-state index in [0.717, 1.165) is 24.0 Å². The van der Waals surface area contributed by atoms with E-state index < -0.39 is 0 Å². The predicted octanol–water partition coefficient (Wildman–Crippen LogP) is 2.06. The van der Waals surface area contributed by atoms with Crippen molar-refractivity contribution in [3.63, 3.8) is 0 Å². The average molecular weight is 287 g/mol. The van der Waals surface area contributed by atoms with Crippen LogP contribution in [-0.2, 0) is 13.1 Å². The lowest BCUT2D eigenvalue weighted by Crippen LogP contribution is -2.16. The Morgan fingerprint density at radius 3 is 2.76 bits per heavy atom. The second kappa shape index (κ2) is 4.94. The molecule has 0 aliphatic heterocycles. The molecule has 2 aliphatic rings. The molecule has 6 nitrogen and oxygen atoms in total. The fourth-order valence-electron chi connectivity index (χ4n) is 2.64. The van der Waals surface area contributed by atoms with Crippen LogP contribution in [0.3, 0.4) is 0 Å². The van der Waals surface area contributed by atoms with Crippen LogP contribution in [0.2, 0.25) is 0 Å². The highest BCUT2D eigenvalue weighted by atomic mass is 16.5. The van der Waals surface area contributed by atoms with Crippen LogP contribution in [0.15, 0.2) is 4.52 Å². The molecule has 2 saturated carbocycles. The summed E-state index contributed by atoms with van der Waals surface area (Å²) in [6, 6.07) is 0.713. The lowest BCUT2D eigenvalue weighted by molar-refractivity contribution is 0.372. The van der Waals surface area contributed by atoms with Crippen LogP contribution in [0.4, 0.5) is 0 Å². The molecule has 2 aliphatic carbocycles. The second-order valence-corrected chi connectivity index (χ2v) is 6.29. The van der Waals surface area contributed by atoms with Gasteiger partial charge in [0.15, 0.2) is 5.82 Å². The number of hydrogen-bond donors (Lipinski definition) is 1. The zero-order chi connectivity index (χ0) is 14.4. The van der Waals surface area contributed by atoms with Crippen LogP contribution in [0, 0.1) is 13.8 Å². The molecule has 112 valence electrons. The van der Waals surface area contributed by atoms with E-state index in [1.807, 2.05) is 4.68 Å². The van der Waals surface area contributed by atoms with Crippen molar-refractivity contribution in [3.8, 4) is 0 Å². The molecular formula is C15H21N5O. The fraction of sp³-hybridized carbons (Fsp3) is 0.667. The van der Waals surface area contributed by atoms with Crippen LogP contribution in [0.1, 0.15) is 60.3 Å². The summed E-state index contributed by atoms with van der Waals surface area (Å²) >= 11 is 0. The maximum Gasteiger partial charge on any atom is 0.229 e. The minimum Gasteiger partial charge on any atom is -0.339 e. The topological polar surface area (TPSA) is 68.8 Å². The molecule has 1 N–H and O–H groups in total. The van der Waals surface area contributed by atoms with E-state index in [-0.39, 0.29) is 0 Å². The molecule has 2 fully saturated rings. The van der Waals surface area contributed by atoms with Crippen LogP contribution in [0.25, 0.3) is 0 Å². The van der Waals surface area contributed by atoms with Gasteiger partial charge >= 0.3 is 0 Å². The normalized spacial score (nSPS) is 18.4. The Bertz CT molecular complexity index is 651.